The number of primary amides is 1. The van der Waals surface area contributed by atoms with E-state index in [-0.39, 0.29) is 17.5 Å². The van der Waals surface area contributed by atoms with Crippen LogP contribution < -0.4 is 20.9 Å². The van der Waals surface area contributed by atoms with Crippen LogP contribution in [-0.2, 0) is 18.3 Å². The molecule has 1 fully saturated rings. The van der Waals surface area contributed by atoms with Crippen molar-refractivity contribution >= 4 is 23.5 Å². The third-order valence-electron chi connectivity index (χ3n) is 7.19. The molecule has 1 heterocycles. The van der Waals surface area contributed by atoms with Crippen molar-refractivity contribution in [2.45, 2.75) is 89.6 Å². The first-order valence-electron chi connectivity index (χ1n) is 12.7. The quantitative estimate of drug-likeness (QED) is 0.648. The number of para-hydroxylation sites is 1. The minimum atomic E-state index is -0.373. The number of carbonyl (C=O) groups excluding carboxylic acids is 1. The zero-order chi connectivity index (χ0) is 24.5. The van der Waals surface area contributed by atoms with E-state index in [4.69, 9.17) is 15.7 Å². The van der Waals surface area contributed by atoms with Crippen molar-refractivity contribution in [3.63, 3.8) is 0 Å². The Kier molecular flexibility index (Phi) is 7.01. The number of rotatable bonds is 5. The largest absolute Gasteiger partial charge is 0.362 e. The molecule has 1 aromatic heterocycles. The van der Waals surface area contributed by atoms with Gasteiger partial charge in [0.25, 0.3) is 0 Å². The molecule has 2 aliphatic carbocycles. The summed E-state index contributed by atoms with van der Waals surface area (Å²) in [6, 6.07) is 8.17. The van der Waals surface area contributed by atoms with Gasteiger partial charge in [-0.05, 0) is 68.4 Å². The SMILES string of the molecule is CN(C)c1nc(NC2CCC(N(C(N)=O)c3ccccc3C(C)(C)C)CC2)nc2c1CCCC2. The summed E-state index contributed by atoms with van der Waals surface area (Å²) in [6.07, 6.45) is 8.18. The molecule has 1 saturated carbocycles. The Bertz CT molecular complexity index is 1020. The fourth-order valence-electron chi connectivity index (χ4n) is 5.48. The minimum absolute atomic E-state index is 0.0724. The number of nitrogens with one attached hydrogen (secondary N) is 1. The highest BCUT2D eigenvalue weighted by Gasteiger charge is 2.32. The first-order valence-corrected chi connectivity index (χ1v) is 12.7. The Balaban J connectivity index is 1.48. The van der Waals surface area contributed by atoms with Crippen LogP contribution >= 0.6 is 0 Å². The highest BCUT2D eigenvalue weighted by atomic mass is 16.2. The number of nitrogens with two attached hydrogens (primary N) is 1. The van der Waals surface area contributed by atoms with Gasteiger partial charge < -0.3 is 16.0 Å². The number of anilines is 3. The van der Waals surface area contributed by atoms with Gasteiger partial charge in [0, 0.05) is 37.4 Å². The van der Waals surface area contributed by atoms with E-state index in [1.54, 1.807) is 0 Å². The predicted octanol–water partition coefficient (Wildman–Crippen LogP) is 5.03. The van der Waals surface area contributed by atoms with Crippen LogP contribution in [0.15, 0.2) is 24.3 Å². The molecule has 2 amide bonds. The smallest absolute Gasteiger partial charge is 0.319 e. The van der Waals surface area contributed by atoms with Gasteiger partial charge in [-0.1, -0.05) is 39.0 Å². The molecule has 0 atom stereocenters. The lowest BCUT2D eigenvalue weighted by Gasteiger charge is -2.38. The molecule has 1 aromatic carbocycles. The normalized spacial score (nSPS) is 20.4. The monoisotopic (exact) mass is 464 g/mol. The number of aryl methyl sites for hydroxylation is 1. The zero-order valence-electron chi connectivity index (χ0n) is 21.4. The molecule has 0 aliphatic heterocycles. The molecule has 184 valence electrons. The van der Waals surface area contributed by atoms with Crippen LogP contribution in [0.4, 0.5) is 22.2 Å². The van der Waals surface area contributed by atoms with Gasteiger partial charge in [0.1, 0.15) is 5.82 Å². The van der Waals surface area contributed by atoms with Gasteiger partial charge in [-0.2, -0.15) is 4.98 Å². The number of fused-ring (bicyclic) bond motifs is 1. The van der Waals surface area contributed by atoms with E-state index in [1.807, 2.05) is 23.1 Å². The van der Waals surface area contributed by atoms with Crippen molar-refractivity contribution in [2.75, 3.05) is 29.2 Å². The van der Waals surface area contributed by atoms with Crippen molar-refractivity contribution in [3.8, 4) is 0 Å². The van der Waals surface area contributed by atoms with Crippen LogP contribution in [0.1, 0.15) is 76.1 Å². The lowest BCUT2D eigenvalue weighted by Crippen LogP contribution is -2.47. The Morgan fingerprint density at radius 1 is 1.03 bits per heavy atom. The molecule has 2 aliphatic rings. The molecule has 0 spiro atoms. The molecule has 0 radical (unpaired) electrons. The first-order chi connectivity index (χ1) is 16.1. The highest BCUT2D eigenvalue weighted by molar-refractivity contribution is 5.92. The van der Waals surface area contributed by atoms with Crippen LogP contribution in [0.25, 0.3) is 0 Å². The minimum Gasteiger partial charge on any atom is -0.362 e. The molecule has 7 nitrogen and oxygen atoms in total. The Hall–Kier alpha value is -2.83. The first kappa shape index (κ1) is 24.3. The van der Waals surface area contributed by atoms with E-state index in [0.29, 0.717) is 6.04 Å². The molecule has 2 aromatic rings. The molecule has 0 saturated heterocycles. The fourth-order valence-corrected chi connectivity index (χ4v) is 5.48. The van der Waals surface area contributed by atoms with Gasteiger partial charge in [-0.3, -0.25) is 4.90 Å². The number of aromatic nitrogens is 2. The van der Waals surface area contributed by atoms with Crippen molar-refractivity contribution in [1.82, 2.24) is 9.97 Å². The maximum absolute atomic E-state index is 12.6. The van der Waals surface area contributed by atoms with Crippen LogP contribution in [0.3, 0.4) is 0 Å². The van der Waals surface area contributed by atoms with Crippen LogP contribution in [0, 0.1) is 0 Å². The second-order valence-corrected chi connectivity index (χ2v) is 11.0. The van der Waals surface area contributed by atoms with E-state index < -0.39 is 0 Å². The molecule has 3 N–H and O–H groups in total. The van der Waals surface area contributed by atoms with Gasteiger partial charge >= 0.3 is 6.03 Å². The lowest BCUT2D eigenvalue weighted by atomic mass is 9.84. The van der Waals surface area contributed by atoms with E-state index in [2.05, 4.69) is 51.1 Å². The average Bonchev–Trinajstić information content (AvgIpc) is 2.79. The summed E-state index contributed by atoms with van der Waals surface area (Å²) in [7, 11) is 4.11. The number of nitrogens with zero attached hydrogens (tertiary/aromatic N) is 4. The van der Waals surface area contributed by atoms with Crippen LogP contribution in [0.5, 0.6) is 0 Å². The Morgan fingerprint density at radius 2 is 1.71 bits per heavy atom. The van der Waals surface area contributed by atoms with Gasteiger partial charge in [0.15, 0.2) is 0 Å². The Morgan fingerprint density at radius 3 is 2.35 bits per heavy atom. The molecule has 0 unspecified atom stereocenters. The van der Waals surface area contributed by atoms with Gasteiger partial charge in [0.2, 0.25) is 5.95 Å². The molecule has 7 heteroatoms. The zero-order valence-corrected chi connectivity index (χ0v) is 21.4. The molecular weight excluding hydrogens is 424 g/mol. The summed E-state index contributed by atoms with van der Waals surface area (Å²) in [5.41, 5.74) is 10.4. The fraction of sp³-hybridized carbons (Fsp3) is 0.593. The molecule has 34 heavy (non-hydrogen) atoms. The van der Waals surface area contributed by atoms with Gasteiger partial charge in [-0.25, -0.2) is 9.78 Å². The topological polar surface area (TPSA) is 87.4 Å². The summed E-state index contributed by atoms with van der Waals surface area (Å²) in [6.45, 7) is 6.52. The standard InChI is InChI=1S/C27H40N6O/c1-27(2,3)21-11-7-9-13-23(21)33(25(28)34)19-16-14-18(15-17-19)29-26-30-22-12-8-6-10-20(22)24(31-26)32(4)5/h7,9,11,13,18-19H,6,8,10,12,14-17H2,1-5H3,(H2,28,34)(H,29,30,31). The summed E-state index contributed by atoms with van der Waals surface area (Å²) in [4.78, 5) is 26.3. The average molecular weight is 465 g/mol. The second-order valence-electron chi connectivity index (χ2n) is 11.0. The van der Waals surface area contributed by atoms with E-state index >= 15 is 0 Å². The van der Waals surface area contributed by atoms with Gasteiger partial charge in [0.05, 0.1) is 5.69 Å². The molecule has 4 rings (SSSR count). The number of urea groups is 1. The van der Waals surface area contributed by atoms with E-state index in [9.17, 15) is 4.79 Å². The lowest BCUT2D eigenvalue weighted by molar-refractivity contribution is 0.248. The van der Waals surface area contributed by atoms with E-state index in [1.165, 1.54) is 24.1 Å². The van der Waals surface area contributed by atoms with Crippen LogP contribution in [-0.4, -0.2) is 42.2 Å². The van der Waals surface area contributed by atoms with Crippen molar-refractivity contribution < 1.29 is 4.79 Å². The van der Waals surface area contributed by atoms with Crippen LogP contribution in [0.2, 0.25) is 0 Å². The number of hydrogen-bond donors (Lipinski definition) is 2. The number of amides is 2. The summed E-state index contributed by atoms with van der Waals surface area (Å²) < 4.78 is 0. The van der Waals surface area contributed by atoms with Crippen molar-refractivity contribution in [3.05, 3.63) is 41.1 Å². The van der Waals surface area contributed by atoms with E-state index in [0.717, 1.165) is 61.5 Å². The number of hydrogen-bond acceptors (Lipinski definition) is 5. The van der Waals surface area contributed by atoms with Crippen molar-refractivity contribution in [2.24, 2.45) is 5.73 Å². The van der Waals surface area contributed by atoms with Crippen molar-refractivity contribution in [1.29, 1.82) is 0 Å². The molecular formula is C27H40N6O. The second kappa shape index (κ2) is 9.80. The summed E-state index contributed by atoms with van der Waals surface area (Å²) >= 11 is 0. The molecule has 0 bridgehead atoms. The summed E-state index contributed by atoms with van der Waals surface area (Å²) in [5.74, 6) is 1.78. The highest BCUT2D eigenvalue weighted by Crippen LogP contribution is 2.36. The number of carbonyl (C=O) groups is 1. The maximum Gasteiger partial charge on any atom is 0.319 e. The maximum atomic E-state index is 12.6. The number of benzene rings is 1. The predicted molar refractivity (Wildman–Crippen MR) is 140 cm³/mol. The summed E-state index contributed by atoms with van der Waals surface area (Å²) in [5, 5.41) is 3.61. The Labute approximate surface area is 204 Å². The van der Waals surface area contributed by atoms with Gasteiger partial charge in [-0.15, -0.1) is 0 Å². The third kappa shape index (κ3) is 5.13. The third-order valence-corrected chi connectivity index (χ3v) is 7.19.